The molecule has 1 amide bonds. The molecule has 2 atom stereocenters. The molecule has 0 saturated carbocycles. The third kappa shape index (κ3) is 65.5. The summed E-state index contributed by atoms with van der Waals surface area (Å²) in [6.45, 7) is 4.96. The molecular formula is C74H143NO5. The summed E-state index contributed by atoms with van der Waals surface area (Å²) in [6, 6.07) is -0.536. The Hall–Kier alpha value is -1.66. The number of carbonyl (C=O) groups is 2. The summed E-state index contributed by atoms with van der Waals surface area (Å²) >= 11 is 0. The second kappa shape index (κ2) is 69.8. The highest BCUT2D eigenvalue weighted by molar-refractivity contribution is 5.76. The summed E-state index contributed by atoms with van der Waals surface area (Å²) < 4.78 is 5.51. The molecule has 2 unspecified atom stereocenters. The SMILES string of the molecule is CCCCCCCC/C=C\CCCCCCCCCC(=O)OCCCCCCCCCCCCCCCCCC/C=C\CCCCCCCCCCCCCCCCCCCC(=O)NC(CO)C(O)CCCCCCCCCCC. The molecule has 0 rings (SSSR count). The average molecular weight is 1130 g/mol. The highest BCUT2D eigenvalue weighted by Crippen LogP contribution is 2.19. The van der Waals surface area contributed by atoms with Crippen molar-refractivity contribution in [1.29, 1.82) is 0 Å². The van der Waals surface area contributed by atoms with E-state index < -0.39 is 12.1 Å². The van der Waals surface area contributed by atoms with Crippen LogP contribution >= 0.6 is 0 Å². The second-order valence-electron chi connectivity index (χ2n) is 25.3. The fourth-order valence-corrected chi connectivity index (χ4v) is 11.6. The van der Waals surface area contributed by atoms with Crippen molar-refractivity contribution in [3.8, 4) is 0 Å². The van der Waals surface area contributed by atoms with Gasteiger partial charge in [-0.25, -0.2) is 0 Å². The molecule has 0 aromatic rings. The highest BCUT2D eigenvalue weighted by Gasteiger charge is 2.20. The summed E-state index contributed by atoms with van der Waals surface area (Å²) in [7, 11) is 0. The molecule has 0 bridgehead atoms. The van der Waals surface area contributed by atoms with Gasteiger partial charge < -0.3 is 20.3 Å². The number of hydrogen-bond acceptors (Lipinski definition) is 5. The van der Waals surface area contributed by atoms with Gasteiger partial charge in [0.2, 0.25) is 5.91 Å². The molecule has 0 radical (unpaired) electrons. The number of amides is 1. The van der Waals surface area contributed by atoms with Crippen LogP contribution in [0.5, 0.6) is 0 Å². The number of esters is 1. The zero-order valence-electron chi connectivity index (χ0n) is 54.3. The maximum absolute atomic E-state index is 12.4. The van der Waals surface area contributed by atoms with E-state index in [1.165, 1.54) is 340 Å². The predicted octanol–water partition coefficient (Wildman–Crippen LogP) is 23.7. The van der Waals surface area contributed by atoms with E-state index in [0.717, 1.165) is 38.5 Å². The molecule has 0 aromatic heterocycles. The Morgan fingerprint density at radius 1 is 0.338 bits per heavy atom. The van der Waals surface area contributed by atoms with E-state index in [1.54, 1.807) is 0 Å². The lowest BCUT2D eigenvalue weighted by Crippen LogP contribution is -2.45. The Labute approximate surface area is 501 Å². The molecule has 6 heteroatoms. The molecule has 0 aliphatic carbocycles. The topological polar surface area (TPSA) is 95.9 Å². The second-order valence-corrected chi connectivity index (χ2v) is 25.3. The molecule has 0 spiro atoms. The predicted molar refractivity (Wildman–Crippen MR) is 352 cm³/mol. The van der Waals surface area contributed by atoms with Crippen molar-refractivity contribution in [3.05, 3.63) is 24.3 Å². The third-order valence-corrected chi connectivity index (χ3v) is 17.2. The standard InChI is InChI=1S/C74H143NO5/c1-3-5-7-9-11-13-14-15-16-38-42-45-48-52-56-60-64-68-74(79)80-69-65-61-57-53-49-46-43-40-37-35-33-31-29-27-25-23-21-19-17-18-20-22-24-26-28-30-32-34-36-39-41-44-47-51-55-59-63-67-73(78)75-71(70-76)72(77)66-62-58-54-50-12-10-8-6-4-2/h15-17,19,71-72,76-77H,3-14,18,20-70H2,1-2H3,(H,75,78)/b16-15-,19-17-. The van der Waals surface area contributed by atoms with Gasteiger partial charge >= 0.3 is 5.97 Å². The Morgan fingerprint density at radius 2 is 0.588 bits per heavy atom. The van der Waals surface area contributed by atoms with Gasteiger partial charge in [0.05, 0.1) is 25.4 Å². The van der Waals surface area contributed by atoms with Crippen LogP contribution in [0.2, 0.25) is 0 Å². The van der Waals surface area contributed by atoms with Crippen LogP contribution in [0.4, 0.5) is 0 Å². The van der Waals surface area contributed by atoms with Crippen LogP contribution in [-0.4, -0.2) is 47.4 Å². The summed E-state index contributed by atoms with van der Waals surface area (Å²) in [5.41, 5.74) is 0. The van der Waals surface area contributed by atoms with E-state index in [9.17, 15) is 19.8 Å². The first-order chi connectivity index (χ1) is 39.5. The Kier molecular flexibility index (Phi) is 68.4. The van der Waals surface area contributed by atoms with Crippen LogP contribution in [0.15, 0.2) is 24.3 Å². The minimum Gasteiger partial charge on any atom is -0.466 e. The number of carbonyl (C=O) groups excluding carboxylic acids is 2. The number of rotatable bonds is 69. The van der Waals surface area contributed by atoms with E-state index >= 15 is 0 Å². The van der Waals surface area contributed by atoms with Crippen LogP contribution in [0.3, 0.4) is 0 Å². The molecule has 80 heavy (non-hydrogen) atoms. The molecule has 0 aliphatic rings. The molecular weight excluding hydrogens is 983 g/mol. The van der Waals surface area contributed by atoms with E-state index in [2.05, 4.69) is 43.5 Å². The van der Waals surface area contributed by atoms with Crippen LogP contribution < -0.4 is 5.32 Å². The number of aliphatic hydroxyl groups is 2. The van der Waals surface area contributed by atoms with Crippen LogP contribution in [0, 0.1) is 0 Å². The number of allylic oxidation sites excluding steroid dienone is 4. The Balaban J connectivity index is 3.29. The van der Waals surface area contributed by atoms with Gasteiger partial charge in [0, 0.05) is 12.8 Å². The monoisotopic (exact) mass is 1130 g/mol. The molecule has 3 N–H and O–H groups in total. The average Bonchev–Trinajstić information content (AvgIpc) is 3.46. The minimum atomic E-state index is -0.658. The fourth-order valence-electron chi connectivity index (χ4n) is 11.6. The smallest absolute Gasteiger partial charge is 0.305 e. The van der Waals surface area contributed by atoms with Crippen molar-refractivity contribution < 1.29 is 24.5 Å². The fraction of sp³-hybridized carbons (Fsp3) is 0.919. The van der Waals surface area contributed by atoms with Gasteiger partial charge in [-0.05, 0) is 77.0 Å². The largest absolute Gasteiger partial charge is 0.466 e. The van der Waals surface area contributed by atoms with Crippen molar-refractivity contribution in [3.63, 3.8) is 0 Å². The lowest BCUT2D eigenvalue weighted by Gasteiger charge is -2.22. The molecule has 0 saturated heterocycles. The first-order valence-electron chi connectivity index (χ1n) is 36.6. The van der Waals surface area contributed by atoms with Crippen molar-refractivity contribution in [2.24, 2.45) is 0 Å². The van der Waals surface area contributed by atoms with Gasteiger partial charge in [-0.3, -0.25) is 9.59 Å². The summed E-state index contributed by atoms with van der Waals surface area (Å²) in [5.74, 6) is -0.0128. The Bertz CT molecular complexity index is 1250. The lowest BCUT2D eigenvalue weighted by atomic mass is 10.0. The van der Waals surface area contributed by atoms with Gasteiger partial charge in [0.1, 0.15) is 0 Å². The number of aliphatic hydroxyl groups excluding tert-OH is 2. The van der Waals surface area contributed by atoms with E-state index in [1.807, 2.05) is 0 Å². The number of nitrogens with one attached hydrogen (secondary N) is 1. The highest BCUT2D eigenvalue weighted by atomic mass is 16.5. The van der Waals surface area contributed by atoms with Crippen molar-refractivity contribution in [2.75, 3.05) is 13.2 Å². The normalized spacial score (nSPS) is 12.6. The molecule has 6 nitrogen and oxygen atoms in total. The lowest BCUT2D eigenvalue weighted by molar-refractivity contribution is -0.143. The zero-order chi connectivity index (χ0) is 57.8. The van der Waals surface area contributed by atoms with Crippen LogP contribution in [-0.2, 0) is 14.3 Å². The van der Waals surface area contributed by atoms with Crippen LogP contribution in [0.25, 0.3) is 0 Å². The third-order valence-electron chi connectivity index (χ3n) is 17.2. The number of hydrogen-bond donors (Lipinski definition) is 3. The van der Waals surface area contributed by atoms with Gasteiger partial charge in [0.25, 0.3) is 0 Å². The van der Waals surface area contributed by atoms with E-state index in [-0.39, 0.29) is 18.5 Å². The van der Waals surface area contributed by atoms with Crippen molar-refractivity contribution in [2.45, 2.75) is 424 Å². The van der Waals surface area contributed by atoms with Gasteiger partial charge in [-0.2, -0.15) is 0 Å². The van der Waals surface area contributed by atoms with E-state index in [4.69, 9.17) is 4.74 Å². The van der Waals surface area contributed by atoms with Crippen molar-refractivity contribution >= 4 is 11.9 Å². The maximum atomic E-state index is 12.4. The molecule has 0 aliphatic heterocycles. The van der Waals surface area contributed by atoms with Gasteiger partial charge in [0.15, 0.2) is 0 Å². The molecule has 0 fully saturated rings. The molecule has 0 heterocycles. The zero-order valence-corrected chi connectivity index (χ0v) is 54.3. The van der Waals surface area contributed by atoms with E-state index in [0.29, 0.717) is 25.9 Å². The Morgan fingerprint density at radius 3 is 0.887 bits per heavy atom. The summed E-state index contributed by atoms with van der Waals surface area (Å²) in [5, 5.41) is 23.2. The van der Waals surface area contributed by atoms with Crippen molar-refractivity contribution in [1.82, 2.24) is 5.32 Å². The molecule has 474 valence electrons. The quantitative estimate of drug-likeness (QED) is 0.0320. The maximum Gasteiger partial charge on any atom is 0.305 e. The summed E-state index contributed by atoms with van der Waals surface area (Å²) in [6.07, 6.45) is 88.4. The number of unbranched alkanes of at least 4 members (excludes halogenated alkanes) is 54. The van der Waals surface area contributed by atoms with Crippen LogP contribution in [0.1, 0.15) is 412 Å². The molecule has 0 aromatic carbocycles. The van der Waals surface area contributed by atoms with Gasteiger partial charge in [-0.15, -0.1) is 0 Å². The number of ether oxygens (including phenoxy) is 1. The van der Waals surface area contributed by atoms with Gasteiger partial charge in [-0.1, -0.05) is 346 Å². The summed E-state index contributed by atoms with van der Waals surface area (Å²) in [4.78, 5) is 24.5. The first-order valence-corrected chi connectivity index (χ1v) is 36.6. The minimum absolute atomic E-state index is 0.0187. The first kappa shape index (κ1) is 78.3.